The fraction of sp³-hybridized carbons (Fsp3) is 0.150. The Bertz CT molecular complexity index is 1090. The SMILES string of the molecule is CN(C)Cc1cccc(Nc2nc(-c3ccccc3F)nc3cn[nH]c23)c1. The third-order valence-electron chi connectivity index (χ3n) is 4.10. The lowest BCUT2D eigenvalue weighted by molar-refractivity contribution is 0.402. The Morgan fingerprint density at radius 1 is 1.07 bits per heavy atom. The summed E-state index contributed by atoms with van der Waals surface area (Å²) in [5, 5.41) is 10.3. The average Bonchev–Trinajstić information content (AvgIpc) is 3.11. The number of hydrogen-bond acceptors (Lipinski definition) is 5. The Hall–Kier alpha value is -3.32. The molecule has 4 rings (SSSR count). The number of H-pyrrole nitrogens is 1. The number of nitrogens with one attached hydrogen (secondary N) is 2. The van der Waals surface area contributed by atoms with E-state index >= 15 is 0 Å². The molecule has 0 aliphatic heterocycles. The van der Waals surface area contributed by atoms with Gasteiger partial charge < -0.3 is 10.2 Å². The normalized spacial score (nSPS) is 11.3. The minimum atomic E-state index is -0.362. The van der Waals surface area contributed by atoms with Crippen LogP contribution in [0.3, 0.4) is 0 Å². The van der Waals surface area contributed by atoms with Crippen molar-refractivity contribution in [3.8, 4) is 11.4 Å². The maximum absolute atomic E-state index is 14.2. The number of nitrogens with zero attached hydrogens (tertiary/aromatic N) is 4. The van der Waals surface area contributed by atoms with Gasteiger partial charge in [-0.1, -0.05) is 24.3 Å². The van der Waals surface area contributed by atoms with Gasteiger partial charge in [-0.2, -0.15) is 5.10 Å². The fourth-order valence-electron chi connectivity index (χ4n) is 2.94. The van der Waals surface area contributed by atoms with Gasteiger partial charge in [-0.25, -0.2) is 14.4 Å². The Kier molecular flexibility index (Phi) is 4.52. The van der Waals surface area contributed by atoms with E-state index in [0.29, 0.717) is 28.2 Å². The smallest absolute Gasteiger partial charge is 0.165 e. The van der Waals surface area contributed by atoms with E-state index in [1.807, 2.05) is 26.2 Å². The lowest BCUT2D eigenvalue weighted by Crippen LogP contribution is -2.10. The maximum Gasteiger partial charge on any atom is 0.165 e. The third kappa shape index (κ3) is 3.63. The van der Waals surface area contributed by atoms with Crippen molar-refractivity contribution in [3.05, 3.63) is 66.1 Å². The van der Waals surface area contributed by atoms with Crippen LogP contribution in [-0.4, -0.2) is 39.2 Å². The summed E-state index contributed by atoms with van der Waals surface area (Å²) in [6.07, 6.45) is 1.61. The average molecular weight is 362 g/mol. The van der Waals surface area contributed by atoms with Gasteiger partial charge in [0.25, 0.3) is 0 Å². The van der Waals surface area contributed by atoms with Crippen LogP contribution in [0.2, 0.25) is 0 Å². The Labute approximate surface area is 156 Å². The molecule has 2 heterocycles. The summed E-state index contributed by atoms with van der Waals surface area (Å²) in [5.74, 6) is 0.506. The highest BCUT2D eigenvalue weighted by Crippen LogP contribution is 2.27. The second-order valence-electron chi connectivity index (χ2n) is 6.57. The first-order valence-electron chi connectivity index (χ1n) is 8.57. The molecule has 0 saturated heterocycles. The molecule has 7 heteroatoms. The topological polar surface area (TPSA) is 69.7 Å². The van der Waals surface area contributed by atoms with E-state index in [-0.39, 0.29) is 5.82 Å². The number of fused-ring (bicyclic) bond motifs is 1. The number of anilines is 2. The highest BCUT2D eigenvalue weighted by atomic mass is 19.1. The van der Waals surface area contributed by atoms with Crippen LogP contribution in [0.25, 0.3) is 22.4 Å². The third-order valence-corrected chi connectivity index (χ3v) is 4.10. The van der Waals surface area contributed by atoms with E-state index in [2.05, 4.69) is 42.5 Å². The van der Waals surface area contributed by atoms with Crippen molar-refractivity contribution < 1.29 is 4.39 Å². The van der Waals surface area contributed by atoms with Crippen molar-refractivity contribution in [1.29, 1.82) is 0 Å². The van der Waals surface area contributed by atoms with Crippen LogP contribution in [0.15, 0.2) is 54.7 Å². The first kappa shape index (κ1) is 17.1. The summed E-state index contributed by atoms with van der Waals surface area (Å²) in [7, 11) is 4.05. The highest BCUT2D eigenvalue weighted by Gasteiger charge is 2.14. The summed E-state index contributed by atoms with van der Waals surface area (Å²) < 4.78 is 14.2. The van der Waals surface area contributed by atoms with E-state index in [1.54, 1.807) is 24.4 Å². The first-order valence-corrected chi connectivity index (χ1v) is 8.57. The molecule has 0 amide bonds. The second kappa shape index (κ2) is 7.13. The van der Waals surface area contributed by atoms with Crippen LogP contribution in [-0.2, 0) is 6.54 Å². The van der Waals surface area contributed by atoms with Crippen LogP contribution in [0.1, 0.15) is 5.56 Å². The minimum absolute atomic E-state index is 0.314. The molecular weight excluding hydrogens is 343 g/mol. The molecule has 136 valence electrons. The highest BCUT2D eigenvalue weighted by molar-refractivity contribution is 5.88. The number of benzene rings is 2. The first-order chi connectivity index (χ1) is 13.1. The molecule has 2 aromatic heterocycles. The van der Waals surface area contributed by atoms with Gasteiger partial charge in [0, 0.05) is 12.2 Å². The van der Waals surface area contributed by atoms with Gasteiger partial charge in [0.2, 0.25) is 0 Å². The van der Waals surface area contributed by atoms with E-state index < -0.39 is 0 Å². The minimum Gasteiger partial charge on any atom is -0.338 e. The predicted octanol–water partition coefficient (Wildman–Crippen LogP) is 3.96. The molecule has 2 aromatic carbocycles. The molecule has 0 bridgehead atoms. The predicted molar refractivity (Wildman–Crippen MR) is 104 cm³/mol. The molecule has 0 atom stereocenters. The Morgan fingerprint density at radius 2 is 1.93 bits per heavy atom. The van der Waals surface area contributed by atoms with E-state index in [4.69, 9.17) is 0 Å². The van der Waals surface area contributed by atoms with Gasteiger partial charge in [-0.05, 0) is 43.9 Å². The number of halogens is 1. The number of aromatic amines is 1. The van der Waals surface area contributed by atoms with Gasteiger partial charge in [0.1, 0.15) is 16.9 Å². The Balaban J connectivity index is 1.76. The fourth-order valence-corrected chi connectivity index (χ4v) is 2.94. The summed E-state index contributed by atoms with van der Waals surface area (Å²) in [4.78, 5) is 11.1. The van der Waals surface area contributed by atoms with Crippen molar-refractivity contribution >= 4 is 22.5 Å². The summed E-state index contributed by atoms with van der Waals surface area (Å²) in [6, 6.07) is 14.6. The van der Waals surface area contributed by atoms with E-state index in [9.17, 15) is 4.39 Å². The number of rotatable bonds is 5. The zero-order valence-electron chi connectivity index (χ0n) is 15.1. The molecular formula is C20H19FN6. The largest absolute Gasteiger partial charge is 0.338 e. The molecule has 0 spiro atoms. The summed E-state index contributed by atoms with van der Waals surface area (Å²) >= 11 is 0. The van der Waals surface area contributed by atoms with Crippen molar-refractivity contribution in [3.63, 3.8) is 0 Å². The molecule has 6 nitrogen and oxygen atoms in total. The van der Waals surface area contributed by atoms with Crippen LogP contribution in [0, 0.1) is 5.82 Å². The van der Waals surface area contributed by atoms with E-state index in [1.165, 1.54) is 11.6 Å². The maximum atomic E-state index is 14.2. The lowest BCUT2D eigenvalue weighted by atomic mass is 10.2. The van der Waals surface area contributed by atoms with Crippen molar-refractivity contribution in [2.24, 2.45) is 0 Å². The zero-order valence-corrected chi connectivity index (χ0v) is 15.1. The van der Waals surface area contributed by atoms with Crippen LogP contribution >= 0.6 is 0 Å². The van der Waals surface area contributed by atoms with Gasteiger partial charge in [-0.15, -0.1) is 0 Å². The molecule has 0 aliphatic rings. The molecule has 0 fully saturated rings. The van der Waals surface area contributed by atoms with Crippen LogP contribution in [0.5, 0.6) is 0 Å². The molecule has 27 heavy (non-hydrogen) atoms. The quantitative estimate of drug-likeness (QED) is 0.562. The van der Waals surface area contributed by atoms with Crippen molar-refractivity contribution in [2.75, 3.05) is 19.4 Å². The van der Waals surface area contributed by atoms with Crippen LogP contribution in [0.4, 0.5) is 15.9 Å². The molecule has 0 unspecified atom stereocenters. The zero-order chi connectivity index (χ0) is 18.8. The standard InChI is InChI=1S/C20H19FN6/c1-27(2)12-13-6-5-7-14(10-13)23-20-18-17(11-22-26-18)24-19(25-20)15-8-3-4-9-16(15)21/h3-11H,12H2,1-2H3,(H,22,26)(H,23,24,25). The summed E-state index contributed by atoms with van der Waals surface area (Å²) in [5.41, 5.74) is 3.71. The van der Waals surface area contributed by atoms with Gasteiger partial charge in [0.05, 0.1) is 11.8 Å². The molecule has 2 N–H and O–H groups in total. The second-order valence-corrected chi connectivity index (χ2v) is 6.57. The molecule has 4 aromatic rings. The molecule has 0 saturated carbocycles. The molecule has 0 aliphatic carbocycles. The summed E-state index contributed by atoms with van der Waals surface area (Å²) in [6.45, 7) is 0.833. The van der Waals surface area contributed by atoms with Gasteiger partial charge in [0.15, 0.2) is 11.6 Å². The van der Waals surface area contributed by atoms with Gasteiger partial charge in [-0.3, -0.25) is 5.10 Å². The van der Waals surface area contributed by atoms with Gasteiger partial charge >= 0.3 is 0 Å². The van der Waals surface area contributed by atoms with E-state index in [0.717, 1.165) is 12.2 Å². The Morgan fingerprint density at radius 3 is 2.74 bits per heavy atom. The van der Waals surface area contributed by atoms with Crippen molar-refractivity contribution in [2.45, 2.75) is 6.54 Å². The number of aromatic nitrogens is 4. The molecule has 0 radical (unpaired) electrons. The van der Waals surface area contributed by atoms with Crippen molar-refractivity contribution in [1.82, 2.24) is 25.1 Å². The number of hydrogen-bond donors (Lipinski definition) is 2. The monoisotopic (exact) mass is 362 g/mol. The lowest BCUT2D eigenvalue weighted by Gasteiger charge is -2.12. The van der Waals surface area contributed by atoms with Crippen LogP contribution < -0.4 is 5.32 Å².